The second kappa shape index (κ2) is 7.54. The van der Waals surface area contributed by atoms with E-state index in [1.165, 1.54) is 11.1 Å². The second-order valence-electron chi connectivity index (χ2n) is 4.74. The molecule has 1 aromatic carbocycles. The van der Waals surface area contributed by atoms with E-state index in [0.717, 1.165) is 11.0 Å². The molecule has 0 aliphatic rings. The minimum absolute atomic E-state index is 0.0977. The molecule has 0 radical (unpaired) electrons. The zero-order valence-corrected chi connectivity index (χ0v) is 12.8. The summed E-state index contributed by atoms with van der Waals surface area (Å²) in [7, 11) is 0. The number of amides is 1. The Morgan fingerprint density at radius 2 is 2.11 bits per heavy atom. The highest BCUT2D eigenvalue weighted by atomic mass is 79.9. The van der Waals surface area contributed by atoms with Crippen LogP contribution < -0.4 is 10.6 Å². The minimum atomic E-state index is 0.0977. The fraction of sp³-hybridized carbons (Fsp3) is 0.500. The van der Waals surface area contributed by atoms with Gasteiger partial charge in [0.1, 0.15) is 0 Å². The summed E-state index contributed by atoms with van der Waals surface area (Å²) in [5, 5.41) is 6.15. The molecule has 2 N–H and O–H groups in total. The highest BCUT2D eigenvalue weighted by molar-refractivity contribution is 9.10. The summed E-state index contributed by atoms with van der Waals surface area (Å²) in [6.45, 7) is 7.47. The van der Waals surface area contributed by atoms with E-state index in [4.69, 9.17) is 0 Å². The zero-order valence-electron chi connectivity index (χ0n) is 11.2. The number of carbonyl (C=O) groups excluding carboxylic acids is 1. The number of aryl methyl sites for hydroxylation is 1. The van der Waals surface area contributed by atoms with Crippen LogP contribution in [0, 0.1) is 6.92 Å². The van der Waals surface area contributed by atoms with Crippen LogP contribution in [0.25, 0.3) is 0 Å². The van der Waals surface area contributed by atoms with Crippen molar-refractivity contribution in [1.29, 1.82) is 0 Å². The summed E-state index contributed by atoms with van der Waals surface area (Å²) in [4.78, 5) is 11.4. The molecule has 0 saturated heterocycles. The Morgan fingerprint density at radius 1 is 1.39 bits per heavy atom. The SMILES string of the molecule is Cc1ccc(CNCCC(=O)NC(C)C)c(Br)c1. The summed E-state index contributed by atoms with van der Waals surface area (Å²) in [6, 6.07) is 6.50. The zero-order chi connectivity index (χ0) is 13.5. The van der Waals surface area contributed by atoms with Crippen LogP contribution in [0.1, 0.15) is 31.4 Å². The average Bonchev–Trinajstić information content (AvgIpc) is 2.25. The second-order valence-corrected chi connectivity index (χ2v) is 5.60. The Balaban J connectivity index is 2.27. The predicted molar refractivity (Wildman–Crippen MR) is 78.5 cm³/mol. The van der Waals surface area contributed by atoms with Gasteiger partial charge in [0.15, 0.2) is 0 Å². The normalized spacial score (nSPS) is 10.7. The molecule has 4 heteroatoms. The molecule has 0 aliphatic carbocycles. The maximum absolute atomic E-state index is 11.4. The highest BCUT2D eigenvalue weighted by Crippen LogP contribution is 2.17. The Kier molecular flexibility index (Phi) is 6.36. The monoisotopic (exact) mass is 312 g/mol. The first kappa shape index (κ1) is 15.2. The number of benzene rings is 1. The van der Waals surface area contributed by atoms with Crippen LogP contribution in [0.3, 0.4) is 0 Å². The smallest absolute Gasteiger partial charge is 0.221 e. The molecular formula is C14H21BrN2O. The van der Waals surface area contributed by atoms with Crippen molar-refractivity contribution in [3.05, 3.63) is 33.8 Å². The molecule has 1 amide bonds. The largest absolute Gasteiger partial charge is 0.354 e. The van der Waals surface area contributed by atoms with Crippen LogP contribution in [0.4, 0.5) is 0 Å². The van der Waals surface area contributed by atoms with E-state index in [1.807, 2.05) is 13.8 Å². The molecule has 0 aromatic heterocycles. The van der Waals surface area contributed by atoms with Crippen LogP contribution in [-0.4, -0.2) is 18.5 Å². The number of hydrogen-bond donors (Lipinski definition) is 2. The van der Waals surface area contributed by atoms with E-state index in [9.17, 15) is 4.79 Å². The fourth-order valence-corrected chi connectivity index (χ4v) is 2.25. The molecule has 0 spiro atoms. The first-order valence-electron chi connectivity index (χ1n) is 6.24. The van der Waals surface area contributed by atoms with Crippen molar-refractivity contribution >= 4 is 21.8 Å². The van der Waals surface area contributed by atoms with Crippen LogP contribution in [0.5, 0.6) is 0 Å². The van der Waals surface area contributed by atoms with E-state index in [1.54, 1.807) is 0 Å². The topological polar surface area (TPSA) is 41.1 Å². The number of halogens is 1. The van der Waals surface area contributed by atoms with Crippen LogP contribution in [0.2, 0.25) is 0 Å². The lowest BCUT2D eigenvalue weighted by molar-refractivity contribution is -0.121. The van der Waals surface area contributed by atoms with E-state index < -0.39 is 0 Å². The summed E-state index contributed by atoms with van der Waals surface area (Å²) < 4.78 is 1.11. The van der Waals surface area contributed by atoms with Crippen molar-refractivity contribution in [3.8, 4) is 0 Å². The molecule has 1 rings (SSSR count). The third kappa shape index (κ3) is 5.65. The Bertz CT molecular complexity index is 405. The van der Waals surface area contributed by atoms with Crippen molar-refractivity contribution in [3.63, 3.8) is 0 Å². The Labute approximate surface area is 117 Å². The van der Waals surface area contributed by atoms with Crippen molar-refractivity contribution in [2.45, 2.75) is 39.8 Å². The lowest BCUT2D eigenvalue weighted by Crippen LogP contribution is -2.32. The maximum atomic E-state index is 11.4. The predicted octanol–water partition coefficient (Wildman–Crippen LogP) is 2.76. The van der Waals surface area contributed by atoms with Gasteiger partial charge in [0.2, 0.25) is 5.91 Å². The van der Waals surface area contributed by atoms with E-state index in [-0.39, 0.29) is 11.9 Å². The van der Waals surface area contributed by atoms with Crippen molar-refractivity contribution in [1.82, 2.24) is 10.6 Å². The summed E-state index contributed by atoms with van der Waals surface area (Å²) in [5.41, 5.74) is 2.45. The molecule has 0 bridgehead atoms. The van der Waals surface area contributed by atoms with Gasteiger partial charge in [-0.25, -0.2) is 0 Å². The molecule has 0 heterocycles. The van der Waals surface area contributed by atoms with Gasteiger partial charge >= 0.3 is 0 Å². The maximum Gasteiger partial charge on any atom is 0.221 e. The molecule has 0 saturated carbocycles. The van der Waals surface area contributed by atoms with E-state index >= 15 is 0 Å². The van der Waals surface area contributed by atoms with Crippen molar-refractivity contribution in [2.75, 3.05) is 6.54 Å². The van der Waals surface area contributed by atoms with Crippen molar-refractivity contribution < 1.29 is 4.79 Å². The summed E-state index contributed by atoms with van der Waals surface area (Å²) in [6.07, 6.45) is 0.516. The lowest BCUT2D eigenvalue weighted by Gasteiger charge is -2.10. The number of hydrogen-bond acceptors (Lipinski definition) is 2. The third-order valence-corrected chi connectivity index (χ3v) is 3.24. The quantitative estimate of drug-likeness (QED) is 0.793. The van der Waals surface area contributed by atoms with Gasteiger partial charge in [0.05, 0.1) is 0 Å². The summed E-state index contributed by atoms with van der Waals surface area (Å²) >= 11 is 3.54. The molecule has 18 heavy (non-hydrogen) atoms. The first-order valence-corrected chi connectivity index (χ1v) is 7.03. The molecule has 0 atom stereocenters. The first-order chi connectivity index (χ1) is 8.49. The van der Waals surface area contributed by atoms with Gasteiger partial charge in [-0.2, -0.15) is 0 Å². The Morgan fingerprint density at radius 3 is 2.72 bits per heavy atom. The fourth-order valence-electron chi connectivity index (χ4n) is 1.61. The lowest BCUT2D eigenvalue weighted by atomic mass is 10.1. The standard InChI is InChI=1S/C14H21BrN2O/c1-10(2)17-14(18)6-7-16-9-12-5-4-11(3)8-13(12)15/h4-5,8,10,16H,6-7,9H2,1-3H3,(H,17,18). The van der Waals surface area contributed by atoms with Gasteiger partial charge in [-0.1, -0.05) is 28.1 Å². The van der Waals surface area contributed by atoms with Gasteiger partial charge < -0.3 is 10.6 Å². The Hall–Kier alpha value is -0.870. The van der Waals surface area contributed by atoms with Crippen LogP contribution in [-0.2, 0) is 11.3 Å². The van der Waals surface area contributed by atoms with Crippen LogP contribution >= 0.6 is 15.9 Å². The molecule has 0 unspecified atom stereocenters. The molecule has 0 fully saturated rings. The van der Waals surface area contributed by atoms with Crippen molar-refractivity contribution in [2.24, 2.45) is 0 Å². The highest BCUT2D eigenvalue weighted by Gasteiger charge is 2.03. The van der Waals surface area contributed by atoms with Gasteiger partial charge in [-0.05, 0) is 38.0 Å². The van der Waals surface area contributed by atoms with Gasteiger partial charge in [0, 0.05) is 30.0 Å². The molecule has 100 valence electrons. The average molecular weight is 313 g/mol. The number of carbonyl (C=O) groups is 1. The van der Waals surface area contributed by atoms with E-state index in [0.29, 0.717) is 13.0 Å². The van der Waals surface area contributed by atoms with Crippen LogP contribution in [0.15, 0.2) is 22.7 Å². The number of rotatable bonds is 6. The van der Waals surface area contributed by atoms with E-state index in [2.05, 4.69) is 51.7 Å². The van der Waals surface area contributed by atoms with Gasteiger partial charge in [-0.3, -0.25) is 4.79 Å². The third-order valence-electron chi connectivity index (χ3n) is 2.50. The van der Waals surface area contributed by atoms with Gasteiger partial charge in [-0.15, -0.1) is 0 Å². The number of nitrogens with one attached hydrogen (secondary N) is 2. The molecule has 1 aromatic rings. The molecular weight excluding hydrogens is 292 g/mol. The minimum Gasteiger partial charge on any atom is -0.354 e. The molecule has 0 aliphatic heterocycles. The van der Waals surface area contributed by atoms with Gasteiger partial charge in [0.25, 0.3) is 0 Å². The molecule has 3 nitrogen and oxygen atoms in total. The summed E-state index contributed by atoms with van der Waals surface area (Å²) in [5.74, 6) is 0.0977.